The minimum absolute atomic E-state index is 0.186. The van der Waals surface area contributed by atoms with Gasteiger partial charge in [-0.15, -0.1) is 0 Å². The van der Waals surface area contributed by atoms with E-state index in [9.17, 15) is 9.18 Å². The highest BCUT2D eigenvalue weighted by molar-refractivity contribution is 5.87. The third-order valence-electron chi connectivity index (χ3n) is 5.21. The van der Waals surface area contributed by atoms with Crippen LogP contribution in [-0.2, 0) is 17.8 Å². The van der Waals surface area contributed by atoms with Crippen LogP contribution in [0.3, 0.4) is 0 Å². The topological polar surface area (TPSA) is 36.1 Å². The summed E-state index contributed by atoms with van der Waals surface area (Å²) in [5.41, 5.74) is 2.91. The summed E-state index contributed by atoms with van der Waals surface area (Å²) in [7, 11) is 0. The van der Waals surface area contributed by atoms with Gasteiger partial charge in [-0.25, -0.2) is 4.39 Å². The summed E-state index contributed by atoms with van der Waals surface area (Å²) in [4.78, 5) is 18.0. The van der Waals surface area contributed by atoms with Crippen LogP contribution < -0.4 is 0 Å². The molecule has 2 aliphatic rings. The van der Waals surface area contributed by atoms with E-state index in [2.05, 4.69) is 4.98 Å². The first-order valence-corrected chi connectivity index (χ1v) is 8.31. The Labute approximate surface area is 129 Å². The third kappa shape index (κ3) is 2.21. The number of aromatic nitrogens is 1. The summed E-state index contributed by atoms with van der Waals surface area (Å²) in [6, 6.07) is 5.13. The summed E-state index contributed by atoms with van der Waals surface area (Å²) >= 11 is 0. The summed E-state index contributed by atoms with van der Waals surface area (Å²) < 4.78 is 14.2. The van der Waals surface area contributed by atoms with Gasteiger partial charge < -0.3 is 9.88 Å². The van der Waals surface area contributed by atoms with E-state index in [0.29, 0.717) is 11.9 Å². The molecule has 1 aromatic heterocycles. The van der Waals surface area contributed by atoms with E-state index < -0.39 is 0 Å². The second-order valence-electron chi connectivity index (χ2n) is 6.59. The van der Waals surface area contributed by atoms with Crippen LogP contribution in [0.4, 0.5) is 4.39 Å². The highest BCUT2D eigenvalue weighted by Gasteiger charge is 2.30. The monoisotopic (exact) mass is 300 g/mol. The van der Waals surface area contributed by atoms with Gasteiger partial charge in [-0.1, -0.05) is 25.3 Å². The molecule has 1 fully saturated rings. The van der Waals surface area contributed by atoms with Crippen molar-refractivity contribution in [3.63, 3.8) is 0 Å². The Kier molecular flexibility index (Phi) is 3.40. The molecule has 0 atom stereocenters. The minimum atomic E-state index is -0.193. The van der Waals surface area contributed by atoms with Gasteiger partial charge in [0, 0.05) is 47.6 Å². The zero-order chi connectivity index (χ0) is 15.1. The van der Waals surface area contributed by atoms with Crippen LogP contribution in [0.5, 0.6) is 0 Å². The van der Waals surface area contributed by atoms with Crippen molar-refractivity contribution in [3.05, 3.63) is 35.3 Å². The number of H-pyrrole nitrogens is 1. The van der Waals surface area contributed by atoms with E-state index in [1.54, 1.807) is 6.07 Å². The zero-order valence-corrected chi connectivity index (χ0v) is 12.7. The number of aromatic amines is 1. The molecule has 22 heavy (non-hydrogen) atoms. The van der Waals surface area contributed by atoms with Crippen molar-refractivity contribution in [1.29, 1.82) is 0 Å². The number of hydrogen-bond donors (Lipinski definition) is 1. The van der Waals surface area contributed by atoms with Gasteiger partial charge in [0.05, 0.1) is 0 Å². The summed E-state index contributed by atoms with van der Waals surface area (Å²) in [5.74, 6) is 0.267. The van der Waals surface area contributed by atoms with Gasteiger partial charge in [0.15, 0.2) is 0 Å². The fourth-order valence-electron chi connectivity index (χ4n) is 4.02. The SMILES string of the molecule is O=C(C1CCCCC1)N1CCc2[nH]c3cccc(F)c3c2C1. The summed E-state index contributed by atoms with van der Waals surface area (Å²) in [6.45, 7) is 1.29. The van der Waals surface area contributed by atoms with Crippen molar-refractivity contribution in [1.82, 2.24) is 9.88 Å². The Morgan fingerprint density at radius 3 is 2.86 bits per heavy atom. The number of nitrogens with zero attached hydrogens (tertiary/aromatic N) is 1. The lowest BCUT2D eigenvalue weighted by molar-refractivity contribution is -0.137. The molecular formula is C18H21FN2O. The van der Waals surface area contributed by atoms with E-state index in [0.717, 1.165) is 55.4 Å². The van der Waals surface area contributed by atoms with E-state index in [1.807, 2.05) is 11.0 Å². The average Bonchev–Trinajstić information content (AvgIpc) is 2.94. The van der Waals surface area contributed by atoms with Crippen LogP contribution in [-0.4, -0.2) is 22.3 Å². The first-order valence-electron chi connectivity index (χ1n) is 8.31. The number of halogens is 1. The molecule has 0 radical (unpaired) electrons. The number of rotatable bonds is 1. The van der Waals surface area contributed by atoms with E-state index in [1.165, 1.54) is 12.5 Å². The Hall–Kier alpha value is -1.84. The second kappa shape index (κ2) is 5.41. The fourth-order valence-corrected chi connectivity index (χ4v) is 4.02. The smallest absolute Gasteiger partial charge is 0.225 e. The van der Waals surface area contributed by atoms with Gasteiger partial charge in [-0.2, -0.15) is 0 Å². The molecule has 116 valence electrons. The quantitative estimate of drug-likeness (QED) is 0.855. The predicted molar refractivity (Wildman–Crippen MR) is 84.0 cm³/mol. The largest absolute Gasteiger partial charge is 0.358 e. The van der Waals surface area contributed by atoms with Crippen molar-refractivity contribution in [2.75, 3.05) is 6.54 Å². The Bertz CT molecular complexity index is 715. The first kappa shape index (κ1) is 13.8. The molecule has 0 saturated heterocycles. The number of carbonyl (C=O) groups excluding carboxylic acids is 1. The molecule has 1 N–H and O–H groups in total. The van der Waals surface area contributed by atoms with E-state index >= 15 is 0 Å². The summed E-state index contributed by atoms with van der Waals surface area (Å²) in [6.07, 6.45) is 6.41. The molecule has 1 saturated carbocycles. The van der Waals surface area contributed by atoms with Crippen LogP contribution in [0.1, 0.15) is 43.4 Å². The lowest BCUT2D eigenvalue weighted by Gasteiger charge is -2.32. The zero-order valence-electron chi connectivity index (χ0n) is 12.7. The predicted octanol–water partition coefficient (Wildman–Crippen LogP) is 3.77. The molecule has 0 unspecified atom stereocenters. The number of nitrogens with one attached hydrogen (secondary N) is 1. The number of benzene rings is 1. The minimum Gasteiger partial charge on any atom is -0.358 e. The standard InChI is InChI=1S/C18H21FN2O/c19-14-7-4-8-16-17(14)13-11-21(10-9-15(13)20-16)18(22)12-5-2-1-3-6-12/h4,7-8,12,20H,1-3,5-6,9-11H2. The molecule has 1 aliphatic carbocycles. The maximum absolute atomic E-state index is 14.2. The normalized spacial score (nSPS) is 19.4. The second-order valence-corrected chi connectivity index (χ2v) is 6.59. The van der Waals surface area contributed by atoms with E-state index in [-0.39, 0.29) is 17.6 Å². The Balaban J connectivity index is 1.63. The molecule has 1 aliphatic heterocycles. The van der Waals surface area contributed by atoms with Gasteiger partial charge in [0.2, 0.25) is 5.91 Å². The molecule has 2 heterocycles. The van der Waals surface area contributed by atoms with Crippen LogP contribution in [0.25, 0.3) is 10.9 Å². The molecule has 0 bridgehead atoms. The van der Waals surface area contributed by atoms with Gasteiger partial charge in [0.25, 0.3) is 0 Å². The van der Waals surface area contributed by atoms with Crippen LogP contribution in [0.15, 0.2) is 18.2 Å². The molecule has 2 aromatic rings. The number of fused-ring (bicyclic) bond motifs is 3. The Morgan fingerprint density at radius 2 is 2.05 bits per heavy atom. The lowest BCUT2D eigenvalue weighted by atomic mass is 9.87. The average molecular weight is 300 g/mol. The molecule has 1 aromatic carbocycles. The fraction of sp³-hybridized carbons (Fsp3) is 0.500. The van der Waals surface area contributed by atoms with Crippen molar-refractivity contribution < 1.29 is 9.18 Å². The highest BCUT2D eigenvalue weighted by atomic mass is 19.1. The van der Waals surface area contributed by atoms with Crippen molar-refractivity contribution in [2.24, 2.45) is 5.92 Å². The number of hydrogen-bond acceptors (Lipinski definition) is 1. The van der Waals surface area contributed by atoms with Gasteiger partial charge in [-0.05, 0) is 25.0 Å². The van der Waals surface area contributed by atoms with Crippen LogP contribution in [0, 0.1) is 11.7 Å². The van der Waals surface area contributed by atoms with Crippen molar-refractivity contribution >= 4 is 16.8 Å². The third-order valence-corrected chi connectivity index (χ3v) is 5.21. The molecule has 3 nitrogen and oxygen atoms in total. The Morgan fingerprint density at radius 1 is 1.23 bits per heavy atom. The summed E-state index contributed by atoms with van der Waals surface area (Å²) in [5, 5.41) is 0.665. The van der Waals surface area contributed by atoms with Crippen molar-refractivity contribution in [3.8, 4) is 0 Å². The molecular weight excluding hydrogens is 279 g/mol. The van der Waals surface area contributed by atoms with Gasteiger partial charge >= 0.3 is 0 Å². The maximum atomic E-state index is 14.2. The molecule has 0 spiro atoms. The van der Waals surface area contributed by atoms with E-state index in [4.69, 9.17) is 0 Å². The molecule has 4 heteroatoms. The number of amides is 1. The molecule has 4 rings (SSSR count). The van der Waals surface area contributed by atoms with Crippen LogP contribution >= 0.6 is 0 Å². The van der Waals surface area contributed by atoms with Crippen LogP contribution in [0.2, 0.25) is 0 Å². The first-order chi connectivity index (χ1) is 10.7. The lowest BCUT2D eigenvalue weighted by Crippen LogP contribution is -2.40. The number of carbonyl (C=O) groups is 1. The molecule has 1 amide bonds. The highest BCUT2D eigenvalue weighted by Crippen LogP contribution is 2.32. The van der Waals surface area contributed by atoms with Gasteiger partial charge in [0.1, 0.15) is 5.82 Å². The maximum Gasteiger partial charge on any atom is 0.225 e. The van der Waals surface area contributed by atoms with Gasteiger partial charge in [-0.3, -0.25) is 4.79 Å². The van der Waals surface area contributed by atoms with Crippen molar-refractivity contribution in [2.45, 2.75) is 45.1 Å².